The fourth-order valence-electron chi connectivity index (χ4n) is 4.94. The van der Waals surface area contributed by atoms with Crippen LogP contribution < -0.4 is 10.6 Å². The monoisotopic (exact) mass is 694 g/mol. The molecule has 40 heavy (non-hydrogen) atoms. The second kappa shape index (κ2) is 11.1. The van der Waals surface area contributed by atoms with Crippen LogP contribution in [0, 0.1) is 17.5 Å². The molecule has 2 atom stereocenters. The highest BCUT2D eigenvalue weighted by Gasteiger charge is 2.37. The van der Waals surface area contributed by atoms with Crippen LogP contribution in [0.25, 0.3) is 22.2 Å². The number of benzene rings is 1. The molecule has 212 valence electrons. The largest absolute Gasteiger partial charge is 0.418 e. The standard InChI is InChI=1S/C25H21F6IN6OS/c1-37-10-20(33-11-37)24(39)35-14-4-2-3-13(7-14)34-23-19(28)8-17(25(29,30)31)21(36-23)16-9-38(40-32)22-15(16)5-12(26)6-18(22)27/h5-6,8-11,13-14H,2-4,7H2,1H3,(H,34,36)(H,35,39)/t13-,14+/m1/s1. The molecule has 0 saturated heterocycles. The van der Waals surface area contributed by atoms with Crippen LogP contribution in [0.3, 0.4) is 0 Å². The molecule has 1 aliphatic carbocycles. The van der Waals surface area contributed by atoms with Crippen molar-refractivity contribution in [1.29, 1.82) is 0 Å². The van der Waals surface area contributed by atoms with E-state index < -0.39 is 46.7 Å². The molecule has 3 aromatic heterocycles. The lowest BCUT2D eigenvalue weighted by Crippen LogP contribution is -2.42. The van der Waals surface area contributed by atoms with Crippen LogP contribution in [0.4, 0.5) is 32.2 Å². The molecule has 1 saturated carbocycles. The SMILES string of the molecule is Cn1cnc(C(=O)N[C@H]2CCC[C@@H](Nc3nc(-c4cn(SI)c5c(F)cc(F)cc45)c(C(F)(F)F)cc3F)C2)c1. The zero-order valence-corrected chi connectivity index (χ0v) is 23.7. The lowest BCUT2D eigenvalue weighted by atomic mass is 9.90. The molecule has 1 fully saturated rings. The van der Waals surface area contributed by atoms with E-state index in [1.807, 2.05) is 21.2 Å². The van der Waals surface area contributed by atoms with Gasteiger partial charge in [-0.05, 0) is 37.8 Å². The Morgan fingerprint density at radius 2 is 1.85 bits per heavy atom. The third-order valence-corrected chi connectivity index (χ3v) is 8.39. The minimum Gasteiger partial charge on any atom is -0.365 e. The van der Waals surface area contributed by atoms with E-state index in [1.165, 1.54) is 16.5 Å². The van der Waals surface area contributed by atoms with Crippen molar-refractivity contribution in [2.75, 3.05) is 5.32 Å². The lowest BCUT2D eigenvalue weighted by molar-refractivity contribution is -0.137. The maximum atomic E-state index is 15.0. The number of imidazole rings is 1. The number of fused-ring (bicyclic) bond motifs is 1. The molecule has 3 heterocycles. The molecule has 1 aliphatic rings. The number of hydrogen-bond donors (Lipinski definition) is 2. The van der Waals surface area contributed by atoms with Crippen LogP contribution in [0.1, 0.15) is 41.7 Å². The van der Waals surface area contributed by atoms with Crippen LogP contribution in [0.15, 0.2) is 36.9 Å². The number of aryl methyl sites for hydroxylation is 1. The smallest absolute Gasteiger partial charge is 0.365 e. The molecule has 1 aromatic carbocycles. The molecule has 0 bridgehead atoms. The van der Waals surface area contributed by atoms with Gasteiger partial charge in [0, 0.05) is 78.9 Å². The highest BCUT2D eigenvalue weighted by atomic mass is 127. The van der Waals surface area contributed by atoms with Crippen molar-refractivity contribution in [2.24, 2.45) is 7.05 Å². The Kier molecular flexibility index (Phi) is 7.96. The first-order chi connectivity index (χ1) is 18.9. The van der Waals surface area contributed by atoms with Gasteiger partial charge in [-0.3, -0.25) is 8.77 Å². The van der Waals surface area contributed by atoms with E-state index >= 15 is 4.39 Å². The quantitative estimate of drug-likeness (QED) is 0.170. The highest BCUT2D eigenvalue weighted by Crippen LogP contribution is 2.43. The Bertz CT molecular complexity index is 1590. The molecular weight excluding hydrogens is 673 g/mol. The number of carbonyl (C=O) groups excluding carboxylic acids is 1. The average Bonchev–Trinajstić information content (AvgIpc) is 3.48. The number of pyridine rings is 1. The topological polar surface area (TPSA) is 76.8 Å². The van der Waals surface area contributed by atoms with E-state index in [9.17, 15) is 26.7 Å². The number of carbonyl (C=O) groups is 1. The number of alkyl halides is 3. The molecule has 7 nitrogen and oxygen atoms in total. The number of amides is 1. The van der Waals surface area contributed by atoms with E-state index in [1.54, 1.807) is 17.8 Å². The van der Waals surface area contributed by atoms with Gasteiger partial charge in [0.15, 0.2) is 17.5 Å². The van der Waals surface area contributed by atoms with Gasteiger partial charge in [0.25, 0.3) is 5.91 Å². The Hall–Kier alpha value is -2.95. The van der Waals surface area contributed by atoms with Crippen molar-refractivity contribution < 1.29 is 31.1 Å². The number of hydrogen-bond acceptors (Lipinski definition) is 5. The zero-order valence-electron chi connectivity index (χ0n) is 20.7. The van der Waals surface area contributed by atoms with E-state index in [2.05, 4.69) is 20.6 Å². The molecule has 0 radical (unpaired) electrons. The minimum atomic E-state index is -4.99. The molecule has 1 amide bonds. The number of halogens is 7. The summed E-state index contributed by atoms with van der Waals surface area (Å²) in [6.07, 6.45) is 1.55. The summed E-state index contributed by atoms with van der Waals surface area (Å²) < 4.78 is 88.8. The van der Waals surface area contributed by atoms with E-state index in [0.29, 0.717) is 37.8 Å². The number of anilines is 1. The number of nitrogens with zero attached hydrogens (tertiary/aromatic N) is 4. The van der Waals surface area contributed by atoms with E-state index in [0.717, 1.165) is 15.2 Å². The van der Waals surface area contributed by atoms with Gasteiger partial charge in [0.05, 0.1) is 23.1 Å². The molecule has 15 heteroatoms. The molecule has 4 aromatic rings. The summed E-state index contributed by atoms with van der Waals surface area (Å²) in [7, 11) is 2.70. The van der Waals surface area contributed by atoms with Crippen molar-refractivity contribution in [3.05, 3.63) is 65.6 Å². The van der Waals surface area contributed by atoms with Crippen molar-refractivity contribution in [2.45, 2.75) is 43.9 Å². The van der Waals surface area contributed by atoms with Crippen LogP contribution in [0.2, 0.25) is 0 Å². The third-order valence-electron chi connectivity index (χ3n) is 6.68. The van der Waals surface area contributed by atoms with Gasteiger partial charge in [0.1, 0.15) is 11.5 Å². The van der Waals surface area contributed by atoms with Gasteiger partial charge in [0.2, 0.25) is 0 Å². The molecule has 0 unspecified atom stereocenters. The predicted octanol–water partition coefficient (Wildman–Crippen LogP) is 6.87. The molecule has 5 rings (SSSR count). The van der Waals surface area contributed by atoms with Gasteiger partial charge >= 0.3 is 6.18 Å². The van der Waals surface area contributed by atoms with Crippen LogP contribution in [-0.4, -0.2) is 36.5 Å². The van der Waals surface area contributed by atoms with Crippen LogP contribution >= 0.6 is 30.3 Å². The molecular formula is C25H21F6IN6OS. The minimum absolute atomic E-state index is 0.122. The van der Waals surface area contributed by atoms with Gasteiger partial charge in [-0.25, -0.2) is 23.1 Å². The Morgan fingerprint density at radius 3 is 2.52 bits per heavy atom. The Morgan fingerprint density at radius 1 is 1.10 bits per heavy atom. The summed E-state index contributed by atoms with van der Waals surface area (Å²) in [5.74, 6) is -3.95. The second-order valence-electron chi connectivity index (χ2n) is 9.54. The first-order valence-corrected chi connectivity index (χ1v) is 15.4. The number of nitrogens with one attached hydrogen (secondary N) is 2. The number of aromatic nitrogens is 4. The van der Waals surface area contributed by atoms with Crippen molar-refractivity contribution >= 4 is 53.0 Å². The Balaban J connectivity index is 1.48. The summed E-state index contributed by atoms with van der Waals surface area (Å²) in [6, 6.07) is 1.21. The average molecular weight is 694 g/mol. The second-order valence-corrected chi connectivity index (χ2v) is 11.2. The zero-order chi connectivity index (χ0) is 28.8. The first-order valence-electron chi connectivity index (χ1n) is 12.1. The maximum Gasteiger partial charge on any atom is 0.418 e. The fraction of sp³-hybridized carbons (Fsp3) is 0.320. The summed E-state index contributed by atoms with van der Waals surface area (Å²) in [4.78, 5) is 20.6. The Labute approximate surface area is 240 Å². The maximum absolute atomic E-state index is 15.0. The molecule has 2 N–H and O–H groups in total. The van der Waals surface area contributed by atoms with Crippen LogP contribution in [0.5, 0.6) is 0 Å². The summed E-state index contributed by atoms with van der Waals surface area (Å²) in [5, 5.41) is 5.65. The predicted molar refractivity (Wildman–Crippen MR) is 147 cm³/mol. The normalized spacial score (nSPS) is 17.8. The van der Waals surface area contributed by atoms with Crippen molar-refractivity contribution in [1.82, 2.24) is 23.8 Å². The molecule has 0 spiro atoms. The van der Waals surface area contributed by atoms with E-state index in [4.69, 9.17) is 0 Å². The molecule has 0 aliphatic heterocycles. The lowest BCUT2D eigenvalue weighted by Gasteiger charge is -2.30. The van der Waals surface area contributed by atoms with Gasteiger partial charge < -0.3 is 15.2 Å². The number of rotatable bonds is 6. The highest BCUT2D eigenvalue weighted by molar-refractivity contribution is 14.2. The third kappa shape index (κ3) is 5.75. The van der Waals surface area contributed by atoms with Crippen LogP contribution in [-0.2, 0) is 13.2 Å². The fourth-order valence-corrected chi connectivity index (χ4v) is 6.27. The van der Waals surface area contributed by atoms with Crippen molar-refractivity contribution in [3.8, 4) is 11.3 Å². The summed E-state index contributed by atoms with van der Waals surface area (Å²) in [6.45, 7) is 0. The summed E-state index contributed by atoms with van der Waals surface area (Å²) >= 11 is 1.82. The van der Waals surface area contributed by atoms with E-state index in [-0.39, 0.29) is 34.1 Å². The first kappa shape index (κ1) is 28.6. The summed E-state index contributed by atoms with van der Waals surface area (Å²) in [5.41, 5.74) is -2.11. The van der Waals surface area contributed by atoms with Crippen molar-refractivity contribution in [3.63, 3.8) is 0 Å². The van der Waals surface area contributed by atoms with Gasteiger partial charge in [-0.2, -0.15) is 13.2 Å². The van der Waals surface area contributed by atoms with Gasteiger partial charge in [-0.1, -0.05) is 0 Å². The van der Waals surface area contributed by atoms with Gasteiger partial charge in [-0.15, -0.1) is 0 Å².